The van der Waals surface area contributed by atoms with Crippen LogP contribution in [0.1, 0.15) is 46.0 Å². The van der Waals surface area contributed by atoms with Gasteiger partial charge in [0.2, 0.25) is 5.91 Å². The average Bonchev–Trinajstić information content (AvgIpc) is 3.06. The first-order valence-corrected chi connectivity index (χ1v) is 9.71. The van der Waals surface area contributed by atoms with Crippen LogP contribution in [0, 0.1) is 11.8 Å². The molecule has 0 aromatic carbocycles. The van der Waals surface area contributed by atoms with Crippen molar-refractivity contribution in [1.29, 1.82) is 0 Å². The number of carbonyl (C=O) groups excluding carboxylic acids is 1. The van der Waals surface area contributed by atoms with Gasteiger partial charge >= 0.3 is 5.69 Å². The molecule has 2 heterocycles. The first kappa shape index (κ1) is 19.4. The molecule has 27 heavy (non-hydrogen) atoms. The van der Waals surface area contributed by atoms with Gasteiger partial charge in [-0.2, -0.15) is 0 Å². The van der Waals surface area contributed by atoms with Crippen molar-refractivity contribution in [2.45, 2.75) is 58.5 Å². The first-order valence-electron chi connectivity index (χ1n) is 9.71. The van der Waals surface area contributed by atoms with E-state index >= 15 is 0 Å². The molecule has 0 unspecified atom stereocenters. The van der Waals surface area contributed by atoms with Crippen LogP contribution in [-0.2, 0) is 25.4 Å². The molecule has 0 bridgehead atoms. The highest BCUT2D eigenvalue weighted by atomic mass is 16.2. The van der Waals surface area contributed by atoms with Gasteiger partial charge in [0.15, 0.2) is 11.2 Å². The van der Waals surface area contributed by atoms with Gasteiger partial charge in [-0.25, -0.2) is 9.78 Å². The van der Waals surface area contributed by atoms with Crippen LogP contribution < -0.4 is 16.6 Å². The lowest BCUT2D eigenvalue weighted by atomic mass is 9.78. The maximum atomic E-state index is 12.4. The van der Waals surface area contributed by atoms with E-state index in [1.165, 1.54) is 24.5 Å². The summed E-state index contributed by atoms with van der Waals surface area (Å²) in [6.45, 7) is 4.97. The minimum absolute atomic E-state index is 0.0608. The third-order valence-corrected chi connectivity index (χ3v) is 6.07. The van der Waals surface area contributed by atoms with E-state index in [0.717, 1.165) is 11.0 Å². The van der Waals surface area contributed by atoms with Crippen molar-refractivity contribution in [2.75, 3.05) is 0 Å². The van der Waals surface area contributed by atoms with Gasteiger partial charge in [0.1, 0.15) is 0 Å². The van der Waals surface area contributed by atoms with Gasteiger partial charge in [-0.15, -0.1) is 0 Å². The third kappa shape index (κ3) is 3.70. The Kier molecular flexibility index (Phi) is 5.53. The van der Waals surface area contributed by atoms with Crippen molar-refractivity contribution in [3.05, 3.63) is 27.2 Å². The molecular weight excluding hydrogens is 346 g/mol. The van der Waals surface area contributed by atoms with E-state index in [0.29, 0.717) is 42.4 Å². The SMILES string of the molecule is C[C@H]1[C@H](C)CCC[C@H]1NC(=O)CCCn1cnc2c1c(=O)n(C)c(=O)n2C. The molecule has 1 fully saturated rings. The van der Waals surface area contributed by atoms with Gasteiger partial charge in [0.05, 0.1) is 6.33 Å². The fraction of sp³-hybridized carbons (Fsp3) is 0.684. The molecule has 1 amide bonds. The Morgan fingerprint density at radius 3 is 2.70 bits per heavy atom. The summed E-state index contributed by atoms with van der Waals surface area (Å²) < 4.78 is 4.18. The van der Waals surface area contributed by atoms with Gasteiger partial charge in [0, 0.05) is 33.1 Å². The summed E-state index contributed by atoms with van der Waals surface area (Å²) in [5.41, 5.74) is 0.0142. The van der Waals surface area contributed by atoms with Crippen LogP contribution in [0.2, 0.25) is 0 Å². The van der Waals surface area contributed by atoms with Gasteiger partial charge in [-0.05, 0) is 24.7 Å². The van der Waals surface area contributed by atoms with Crippen molar-refractivity contribution >= 4 is 17.1 Å². The molecule has 8 nitrogen and oxygen atoms in total. The smallest absolute Gasteiger partial charge is 0.332 e. The quantitative estimate of drug-likeness (QED) is 0.849. The summed E-state index contributed by atoms with van der Waals surface area (Å²) in [4.78, 5) is 40.9. The molecule has 0 spiro atoms. The van der Waals surface area contributed by atoms with Crippen molar-refractivity contribution < 1.29 is 4.79 Å². The van der Waals surface area contributed by atoms with Gasteiger partial charge < -0.3 is 9.88 Å². The highest BCUT2D eigenvalue weighted by Gasteiger charge is 2.27. The monoisotopic (exact) mass is 375 g/mol. The minimum atomic E-state index is -0.395. The topological polar surface area (TPSA) is 90.9 Å². The van der Waals surface area contributed by atoms with Gasteiger partial charge in [-0.1, -0.05) is 26.7 Å². The standard InChI is InChI=1S/C19H29N5O3/c1-12-7-5-8-14(13(12)2)21-15(25)9-6-10-24-11-20-17-16(24)18(26)23(4)19(27)22(17)3/h11-14H,5-10H2,1-4H3,(H,21,25)/t12-,13+,14-/m1/s1. The van der Waals surface area contributed by atoms with Crippen LogP contribution in [0.25, 0.3) is 11.2 Å². The van der Waals surface area contributed by atoms with E-state index in [9.17, 15) is 14.4 Å². The second kappa shape index (κ2) is 7.70. The molecule has 3 rings (SSSR count). The highest BCUT2D eigenvalue weighted by Crippen LogP contribution is 2.29. The number of hydrogen-bond acceptors (Lipinski definition) is 4. The molecule has 148 valence electrons. The van der Waals surface area contributed by atoms with Crippen molar-refractivity contribution in [3.63, 3.8) is 0 Å². The first-order chi connectivity index (χ1) is 12.8. The molecule has 1 saturated carbocycles. The number of hydrogen-bond donors (Lipinski definition) is 1. The molecule has 1 N–H and O–H groups in total. The molecule has 1 aliphatic carbocycles. The zero-order valence-corrected chi connectivity index (χ0v) is 16.6. The maximum absolute atomic E-state index is 12.4. The second-order valence-corrected chi connectivity index (χ2v) is 7.86. The summed E-state index contributed by atoms with van der Waals surface area (Å²) in [5.74, 6) is 1.21. The molecule has 0 radical (unpaired) electrons. The predicted octanol–water partition coefficient (Wildman–Crippen LogP) is 1.15. The number of nitrogens with one attached hydrogen (secondary N) is 1. The molecule has 2 aromatic rings. The summed E-state index contributed by atoms with van der Waals surface area (Å²) in [7, 11) is 3.06. The maximum Gasteiger partial charge on any atom is 0.332 e. The second-order valence-electron chi connectivity index (χ2n) is 7.86. The van der Waals surface area contributed by atoms with E-state index in [-0.39, 0.29) is 17.5 Å². The zero-order valence-electron chi connectivity index (χ0n) is 16.6. The Balaban J connectivity index is 1.63. The number of fused-ring (bicyclic) bond motifs is 1. The lowest BCUT2D eigenvalue weighted by molar-refractivity contribution is -0.122. The Bertz CT molecular complexity index is 955. The number of carbonyl (C=O) groups is 1. The average molecular weight is 375 g/mol. The Morgan fingerprint density at radius 2 is 1.96 bits per heavy atom. The van der Waals surface area contributed by atoms with E-state index < -0.39 is 5.69 Å². The summed E-state index contributed by atoms with van der Waals surface area (Å²) in [5, 5.41) is 3.18. The molecule has 8 heteroatoms. The van der Waals surface area contributed by atoms with Gasteiger partial charge in [0.25, 0.3) is 5.56 Å². The highest BCUT2D eigenvalue weighted by molar-refractivity contribution is 5.76. The normalized spacial score (nSPS) is 22.9. The molecule has 2 aromatic heterocycles. The van der Waals surface area contributed by atoms with Crippen LogP contribution in [-0.4, -0.2) is 30.6 Å². The predicted molar refractivity (Wildman–Crippen MR) is 104 cm³/mol. The van der Waals surface area contributed by atoms with Crippen LogP contribution in [0.15, 0.2) is 15.9 Å². The molecule has 3 atom stereocenters. The number of nitrogens with zero attached hydrogens (tertiary/aromatic N) is 4. The lowest BCUT2D eigenvalue weighted by Gasteiger charge is -2.34. The minimum Gasteiger partial charge on any atom is -0.353 e. The van der Waals surface area contributed by atoms with Crippen molar-refractivity contribution in [1.82, 2.24) is 24.0 Å². The van der Waals surface area contributed by atoms with Crippen LogP contribution in [0.5, 0.6) is 0 Å². The third-order valence-electron chi connectivity index (χ3n) is 6.07. The summed E-state index contributed by atoms with van der Waals surface area (Å²) in [6, 6.07) is 0.261. The van der Waals surface area contributed by atoms with Crippen molar-refractivity contribution in [2.24, 2.45) is 25.9 Å². The van der Waals surface area contributed by atoms with E-state index in [1.54, 1.807) is 17.9 Å². The fourth-order valence-electron chi connectivity index (χ4n) is 4.04. The largest absolute Gasteiger partial charge is 0.353 e. The molecule has 0 aliphatic heterocycles. The number of aryl methyl sites for hydroxylation is 2. The Morgan fingerprint density at radius 1 is 1.22 bits per heavy atom. The number of imidazole rings is 1. The van der Waals surface area contributed by atoms with Crippen molar-refractivity contribution in [3.8, 4) is 0 Å². The zero-order chi connectivity index (χ0) is 19.7. The van der Waals surface area contributed by atoms with Crippen LogP contribution >= 0.6 is 0 Å². The number of aromatic nitrogens is 4. The lowest BCUT2D eigenvalue weighted by Crippen LogP contribution is -2.43. The Hall–Kier alpha value is -2.38. The molecule has 0 saturated heterocycles. The summed E-state index contributed by atoms with van der Waals surface area (Å²) >= 11 is 0. The summed E-state index contributed by atoms with van der Waals surface area (Å²) in [6.07, 6.45) is 6.03. The fourth-order valence-corrected chi connectivity index (χ4v) is 4.04. The van der Waals surface area contributed by atoms with Crippen LogP contribution in [0.4, 0.5) is 0 Å². The molecule has 1 aliphatic rings. The number of rotatable bonds is 5. The van der Waals surface area contributed by atoms with E-state index in [4.69, 9.17) is 0 Å². The number of amides is 1. The van der Waals surface area contributed by atoms with E-state index in [2.05, 4.69) is 24.1 Å². The Labute approximate surface area is 158 Å². The van der Waals surface area contributed by atoms with E-state index in [1.807, 2.05) is 0 Å². The molecular formula is C19H29N5O3. The van der Waals surface area contributed by atoms with Gasteiger partial charge in [-0.3, -0.25) is 18.7 Å². The van der Waals surface area contributed by atoms with Crippen LogP contribution in [0.3, 0.4) is 0 Å².